The van der Waals surface area contributed by atoms with Gasteiger partial charge in [-0.2, -0.15) is 5.10 Å². The van der Waals surface area contributed by atoms with E-state index in [4.69, 9.17) is 4.74 Å². The van der Waals surface area contributed by atoms with Crippen LogP contribution in [0.3, 0.4) is 0 Å². The third-order valence-electron chi connectivity index (χ3n) is 2.08. The molecule has 0 aliphatic heterocycles. The molecule has 1 aromatic rings. The van der Waals surface area contributed by atoms with Crippen molar-refractivity contribution in [3.05, 3.63) is 24.2 Å². The quantitative estimate of drug-likeness (QED) is 0.608. The van der Waals surface area contributed by atoms with Crippen LogP contribution < -0.4 is 5.32 Å². The summed E-state index contributed by atoms with van der Waals surface area (Å²) in [6.07, 6.45) is 5.88. The minimum absolute atomic E-state index is 0.320. The van der Waals surface area contributed by atoms with Gasteiger partial charge >= 0.3 is 5.97 Å². The number of nitrogens with zero attached hydrogens (tertiary/aromatic N) is 2. The summed E-state index contributed by atoms with van der Waals surface area (Å²) in [6, 6.07) is 0. The summed E-state index contributed by atoms with van der Waals surface area (Å²) in [6.45, 7) is 7.07. The van der Waals surface area contributed by atoms with Gasteiger partial charge in [0.1, 0.15) is 0 Å². The first-order valence-corrected chi connectivity index (χ1v) is 5.80. The molecular weight excluding hydrogens is 218 g/mol. The Hall–Kier alpha value is -1.78. The van der Waals surface area contributed by atoms with Gasteiger partial charge in [0.15, 0.2) is 0 Å². The lowest BCUT2D eigenvalue weighted by molar-refractivity contribution is -0.137. The molecule has 0 bridgehead atoms. The van der Waals surface area contributed by atoms with Gasteiger partial charge in [0.05, 0.1) is 18.5 Å². The van der Waals surface area contributed by atoms with Gasteiger partial charge in [0.2, 0.25) is 0 Å². The van der Waals surface area contributed by atoms with Crippen molar-refractivity contribution in [1.29, 1.82) is 0 Å². The molecule has 0 aromatic carbocycles. The zero-order valence-corrected chi connectivity index (χ0v) is 10.6. The number of rotatable bonds is 6. The van der Waals surface area contributed by atoms with E-state index in [1.165, 1.54) is 6.08 Å². The van der Waals surface area contributed by atoms with E-state index >= 15 is 0 Å². The Kier molecular flexibility index (Phi) is 5.26. The van der Waals surface area contributed by atoms with Crippen molar-refractivity contribution in [1.82, 2.24) is 9.78 Å². The van der Waals surface area contributed by atoms with E-state index in [9.17, 15) is 4.79 Å². The number of aryl methyl sites for hydroxylation is 1. The number of esters is 1. The van der Waals surface area contributed by atoms with Gasteiger partial charge in [-0.05, 0) is 20.3 Å². The number of anilines is 1. The van der Waals surface area contributed by atoms with Gasteiger partial charge in [-0.3, -0.25) is 4.68 Å². The van der Waals surface area contributed by atoms with Gasteiger partial charge in [-0.25, -0.2) is 4.79 Å². The Labute approximate surface area is 101 Å². The number of nitrogens with one attached hydrogen (secondary N) is 1. The van der Waals surface area contributed by atoms with Crippen molar-refractivity contribution in [2.24, 2.45) is 0 Å². The van der Waals surface area contributed by atoms with Crippen molar-refractivity contribution < 1.29 is 9.53 Å². The first-order valence-electron chi connectivity index (χ1n) is 5.80. The minimum Gasteiger partial charge on any atom is -0.462 e. The lowest BCUT2D eigenvalue weighted by Crippen LogP contribution is -2.05. The fraction of sp³-hybridized carbons (Fsp3) is 0.500. The van der Waals surface area contributed by atoms with Gasteiger partial charge in [-0.15, -0.1) is 0 Å². The Morgan fingerprint density at radius 2 is 2.35 bits per heavy atom. The summed E-state index contributed by atoms with van der Waals surface area (Å²) >= 11 is 0. The van der Waals surface area contributed by atoms with E-state index in [0.29, 0.717) is 6.61 Å². The summed E-state index contributed by atoms with van der Waals surface area (Å²) < 4.78 is 6.76. The first kappa shape index (κ1) is 13.3. The largest absolute Gasteiger partial charge is 0.462 e. The molecule has 0 aliphatic rings. The lowest BCUT2D eigenvalue weighted by atomic mass is 10.4. The molecule has 0 amide bonds. The highest BCUT2D eigenvalue weighted by Gasteiger charge is 2.01. The van der Waals surface area contributed by atoms with Crippen LogP contribution in [-0.2, 0) is 16.1 Å². The van der Waals surface area contributed by atoms with Gasteiger partial charge < -0.3 is 10.1 Å². The van der Waals surface area contributed by atoms with Gasteiger partial charge in [0, 0.05) is 24.5 Å². The molecule has 1 aromatic heterocycles. The second kappa shape index (κ2) is 6.73. The van der Waals surface area contributed by atoms with Crippen LogP contribution in [0.1, 0.15) is 27.2 Å². The Morgan fingerprint density at radius 3 is 2.94 bits per heavy atom. The number of hydrogen-bond acceptors (Lipinski definition) is 4. The average molecular weight is 237 g/mol. The molecule has 0 fully saturated rings. The van der Waals surface area contributed by atoms with Crippen LogP contribution in [0.4, 0.5) is 5.69 Å². The maximum Gasteiger partial charge on any atom is 0.332 e. The molecule has 0 spiro atoms. The van der Waals surface area contributed by atoms with Gasteiger partial charge in [0.25, 0.3) is 0 Å². The summed E-state index contributed by atoms with van der Waals surface area (Å²) in [5.41, 5.74) is 1.60. The van der Waals surface area contributed by atoms with Crippen LogP contribution in [0.5, 0.6) is 0 Å². The maximum absolute atomic E-state index is 11.3. The standard InChI is InChI=1S/C12H19N3O2/c1-4-6-17-12(16)7-10(3)14-11-8-13-15(5-2)9-11/h7-9,14H,4-6H2,1-3H3. The molecule has 0 atom stereocenters. The molecule has 0 saturated carbocycles. The molecule has 1 rings (SSSR count). The summed E-state index contributed by atoms with van der Waals surface area (Å²) in [4.78, 5) is 11.3. The SMILES string of the molecule is CCCOC(=O)C=C(C)Nc1cnn(CC)c1. The van der Waals surface area contributed by atoms with E-state index < -0.39 is 0 Å². The van der Waals surface area contributed by atoms with Crippen LogP contribution in [-0.4, -0.2) is 22.4 Å². The van der Waals surface area contributed by atoms with Crippen LogP contribution in [0.2, 0.25) is 0 Å². The number of hydrogen-bond donors (Lipinski definition) is 1. The van der Waals surface area contributed by atoms with Crippen molar-refractivity contribution in [3.8, 4) is 0 Å². The van der Waals surface area contributed by atoms with Crippen LogP contribution in [0.15, 0.2) is 24.2 Å². The number of allylic oxidation sites excluding steroid dienone is 1. The van der Waals surface area contributed by atoms with Gasteiger partial charge in [-0.1, -0.05) is 6.92 Å². The van der Waals surface area contributed by atoms with Crippen LogP contribution in [0.25, 0.3) is 0 Å². The third kappa shape index (κ3) is 4.72. The second-order valence-corrected chi connectivity index (χ2v) is 3.70. The Bertz CT molecular complexity index is 396. The average Bonchev–Trinajstić information content (AvgIpc) is 2.73. The second-order valence-electron chi connectivity index (χ2n) is 3.70. The van der Waals surface area contributed by atoms with E-state index in [2.05, 4.69) is 10.4 Å². The topological polar surface area (TPSA) is 56.1 Å². The molecule has 0 saturated heterocycles. The predicted octanol–water partition coefficient (Wildman–Crippen LogP) is 2.17. The fourth-order valence-corrected chi connectivity index (χ4v) is 1.29. The van der Waals surface area contributed by atoms with E-state index in [1.54, 1.807) is 6.20 Å². The molecule has 17 heavy (non-hydrogen) atoms. The number of aromatic nitrogens is 2. The number of carbonyl (C=O) groups is 1. The molecule has 1 N–H and O–H groups in total. The fourth-order valence-electron chi connectivity index (χ4n) is 1.29. The first-order chi connectivity index (χ1) is 8.15. The Balaban J connectivity index is 2.50. The molecule has 0 radical (unpaired) electrons. The zero-order valence-electron chi connectivity index (χ0n) is 10.6. The molecule has 5 heteroatoms. The predicted molar refractivity (Wildman–Crippen MR) is 66.5 cm³/mol. The van der Waals surface area contributed by atoms with Crippen molar-refractivity contribution >= 4 is 11.7 Å². The van der Waals surface area contributed by atoms with Crippen molar-refractivity contribution in [3.63, 3.8) is 0 Å². The summed E-state index contributed by atoms with van der Waals surface area (Å²) in [7, 11) is 0. The molecular formula is C12H19N3O2. The monoisotopic (exact) mass is 237 g/mol. The zero-order chi connectivity index (χ0) is 12.7. The maximum atomic E-state index is 11.3. The third-order valence-corrected chi connectivity index (χ3v) is 2.08. The van der Waals surface area contributed by atoms with E-state index in [1.807, 2.05) is 31.6 Å². The molecule has 1 heterocycles. The molecule has 0 unspecified atom stereocenters. The number of carbonyl (C=O) groups excluding carboxylic acids is 1. The Morgan fingerprint density at radius 1 is 1.59 bits per heavy atom. The normalized spacial score (nSPS) is 11.4. The molecule has 0 aliphatic carbocycles. The highest BCUT2D eigenvalue weighted by molar-refractivity contribution is 5.83. The molecule has 5 nitrogen and oxygen atoms in total. The number of ether oxygens (including phenoxy) is 1. The van der Waals surface area contributed by atoms with E-state index in [-0.39, 0.29) is 5.97 Å². The van der Waals surface area contributed by atoms with Crippen molar-refractivity contribution in [2.75, 3.05) is 11.9 Å². The smallest absolute Gasteiger partial charge is 0.332 e. The van der Waals surface area contributed by atoms with E-state index in [0.717, 1.165) is 24.4 Å². The molecule has 94 valence electrons. The van der Waals surface area contributed by atoms with Crippen LogP contribution >= 0.6 is 0 Å². The summed E-state index contributed by atoms with van der Waals surface area (Å²) in [5.74, 6) is -0.320. The lowest BCUT2D eigenvalue weighted by Gasteiger charge is -2.03. The van der Waals surface area contributed by atoms with Crippen molar-refractivity contribution in [2.45, 2.75) is 33.7 Å². The summed E-state index contributed by atoms with van der Waals surface area (Å²) in [5, 5.41) is 7.21. The highest BCUT2D eigenvalue weighted by Crippen LogP contribution is 2.08. The van der Waals surface area contributed by atoms with Crippen LogP contribution in [0, 0.1) is 0 Å². The minimum atomic E-state index is -0.320. The highest BCUT2D eigenvalue weighted by atomic mass is 16.5.